The average molecular weight is 344 g/mol. The highest BCUT2D eigenvalue weighted by molar-refractivity contribution is 6.00. The number of carbonyl (C=O) groups is 1. The Morgan fingerprint density at radius 2 is 1.15 bits per heavy atom. The molecule has 0 bridgehead atoms. The lowest BCUT2D eigenvalue weighted by Crippen LogP contribution is -2.31. The Hall–Kier alpha value is -2.75. The van der Waals surface area contributed by atoms with Crippen molar-refractivity contribution < 1.29 is 9.90 Å². The molecule has 0 saturated carbocycles. The van der Waals surface area contributed by atoms with Crippen LogP contribution < -0.4 is 5.73 Å². The largest absolute Gasteiger partial charge is 0.396 e. The second-order valence-corrected chi connectivity index (χ2v) is 6.17. The summed E-state index contributed by atoms with van der Waals surface area (Å²) < 4.78 is 0. The lowest BCUT2D eigenvalue weighted by molar-refractivity contribution is 0.0945. The maximum absolute atomic E-state index is 12.3. The van der Waals surface area contributed by atoms with Gasteiger partial charge in [-0.05, 0) is 23.1 Å². The van der Waals surface area contributed by atoms with Gasteiger partial charge in [0, 0.05) is 12.2 Å². The lowest BCUT2D eigenvalue weighted by atomic mass is 9.84. The number of aliphatic hydroxyl groups is 1. The minimum Gasteiger partial charge on any atom is -0.396 e. The fourth-order valence-electron chi connectivity index (χ4n) is 3.00. The molecule has 1 radical (unpaired) electrons. The van der Waals surface area contributed by atoms with Crippen molar-refractivity contribution in [3.63, 3.8) is 0 Å². The van der Waals surface area contributed by atoms with Crippen molar-refractivity contribution in [3.05, 3.63) is 113 Å². The molecule has 0 fully saturated rings. The number of rotatable bonds is 7. The first-order valence-corrected chi connectivity index (χ1v) is 8.69. The molecule has 0 saturated heterocycles. The van der Waals surface area contributed by atoms with Crippen LogP contribution in [0.3, 0.4) is 0 Å². The van der Waals surface area contributed by atoms with Crippen LogP contribution in [-0.4, -0.2) is 23.5 Å². The summed E-state index contributed by atoms with van der Waals surface area (Å²) in [4.78, 5) is 12.3. The second-order valence-electron chi connectivity index (χ2n) is 6.17. The van der Waals surface area contributed by atoms with Crippen LogP contribution in [0.2, 0.25) is 0 Å². The van der Waals surface area contributed by atoms with Gasteiger partial charge in [0.2, 0.25) is 0 Å². The van der Waals surface area contributed by atoms with Gasteiger partial charge in [-0.1, -0.05) is 84.9 Å². The number of nitrogens with two attached hydrogens (primary N) is 1. The average Bonchev–Trinajstić information content (AvgIpc) is 2.70. The van der Waals surface area contributed by atoms with Gasteiger partial charge in [0.15, 0.2) is 5.78 Å². The maximum Gasteiger partial charge on any atom is 0.179 e. The molecular formula is C23H22NO2. The zero-order valence-corrected chi connectivity index (χ0v) is 14.5. The molecule has 0 amide bonds. The third kappa shape index (κ3) is 4.07. The number of hydrogen-bond acceptors (Lipinski definition) is 3. The minimum atomic E-state index is -0.669. The van der Waals surface area contributed by atoms with Gasteiger partial charge in [0.25, 0.3) is 0 Å². The summed E-state index contributed by atoms with van der Waals surface area (Å²) in [7, 11) is 0. The normalized spacial score (nSPS) is 12.1. The van der Waals surface area contributed by atoms with Crippen LogP contribution in [0.5, 0.6) is 0 Å². The number of carbonyl (C=O) groups excluding carboxylic acids is 1. The Balaban J connectivity index is 1.94. The monoisotopic (exact) mass is 344 g/mol. The summed E-state index contributed by atoms with van der Waals surface area (Å²) in [6.45, 7) is -0.0923. The molecule has 0 aliphatic carbocycles. The molecule has 0 aliphatic heterocycles. The van der Waals surface area contributed by atoms with E-state index in [0.29, 0.717) is 5.56 Å². The van der Waals surface area contributed by atoms with E-state index >= 15 is 0 Å². The highest BCUT2D eigenvalue weighted by atomic mass is 16.3. The van der Waals surface area contributed by atoms with E-state index in [1.54, 1.807) is 12.1 Å². The van der Waals surface area contributed by atoms with Crippen molar-refractivity contribution >= 4 is 5.78 Å². The van der Waals surface area contributed by atoms with E-state index in [9.17, 15) is 4.79 Å². The quantitative estimate of drug-likeness (QED) is 0.508. The van der Waals surface area contributed by atoms with Gasteiger partial charge in [0.1, 0.15) is 0 Å². The molecule has 3 rings (SSSR count). The Morgan fingerprint density at radius 3 is 1.62 bits per heavy atom. The fourth-order valence-corrected chi connectivity index (χ4v) is 3.00. The molecule has 1 atom stereocenters. The van der Waals surface area contributed by atoms with E-state index < -0.39 is 6.04 Å². The fraction of sp³-hybridized carbons (Fsp3) is 0.130. The third-order valence-corrected chi connectivity index (χ3v) is 4.36. The third-order valence-electron chi connectivity index (χ3n) is 4.36. The van der Waals surface area contributed by atoms with E-state index in [1.807, 2.05) is 48.5 Å². The SMILES string of the molecule is N[C@@H](CCO)C(=O)c1ccc([C](c2ccccc2)c2ccccc2)cc1. The highest BCUT2D eigenvalue weighted by Gasteiger charge is 2.19. The predicted octanol–water partition coefficient (Wildman–Crippen LogP) is 3.60. The van der Waals surface area contributed by atoms with Crippen molar-refractivity contribution in [2.45, 2.75) is 12.5 Å². The van der Waals surface area contributed by atoms with Gasteiger partial charge in [-0.2, -0.15) is 0 Å². The van der Waals surface area contributed by atoms with Crippen molar-refractivity contribution in [3.8, 4) is 0 Å². The molecule has 3 nitrogen and oxygen atoms in total. The van der Waals surface area contributed by atoms with Crippen LogP contribution in [0.4, 0.5) is 0 Å². The lowest BCUT2D eigenvalue weighted by Gasteiger charge is -2.18. The number of hydrogen-bond donors (Lipinski definition) is 2. The van der Waals surface area contributed by atoms with Crippen molar-refractivity contribution in [2.75, 3.05) is 6.61 Å². The molecule has 131 valence electrons. The zero-order valence-electron chi connectivity index (χ0n) is 14.5. The van der Waals surface area contributed by atoms with E-state index in [1.165, 1.54) is 0 Å². The van der Waals surface area contributed by atoms with Gasteiger partial charge in [-0.25, -0.2) is 0 Å². The Labute approximate surface area is 154 Å². The van der Waals surface area contributed by atoms with E-state index in [4.69, 9.17) is 10.8 Å². The molecule has 3 aromatic rings. The topological polar surface area (TPSA) is 63.3 Å². The first-order valence-electron chi connectivity index (χ1n) is 8.69. The summed E-state index contributed by atoms with van der Waals surface area (Å²) in [6.07, 6.45) is 0.270. The number of ketones is 1. The number of benzene rings is 3. The van der Waals surface area contributed by atoms with Crippen LogP contribution in [-0.2, 0) is 0 Å². The van der Waals surface area contributed by atoms with Crippen LogP contribution in [0.25, 0.3) is 0 Å². The van der Waals surface area contributed by atoms with Crippen LogP contribution in [0.1, 0.15) is 33.5 Å². The molecule has 26 heavy (non-hydrogen) atoms. The predicted molar refractivity (Wildman–Crippen MR) is 104 cm³/mol. The first kappa shape index (κ1) is 18.1. The van der Waals surface area contributed by atoms with Crippen molar-refractivity contribution in [1.82, 2.24) is 0 Å². The molecule has 0 aliphatic rings. The van der Waals surface area contributed by atoms with Gasteiger partial charge in [-0.15, -0.1) is 0 Å². The van der Waals surface area contributed by atoms with E-state index in [0.717, 1.165) is 22.6 Å². The van der Waals surface area contributed by atoms with Gasteiger partial charge in [-0.3, -0.25) is 4.79 Å². The molecule has 0 spiro atoms. The molecule has 3 heteroatoms. The molecular weight excluding hydrogens is 322 g/mol. The van der Waals surface area contributed by atoms with Gasteiger partial charge < -0.3 is 10.8 Å². The van der Waals surface area contributed by atoms with Crippen molar-refractivity contribution in [1.29, 1.82) is 0 Å². The Morgan fingerprint density at radius 1 is 0.731 bits per heavy atom. The molecule has 3 N–H and O–H groups in total. The zero-order chi connectivity index (χ0) is 18.4. The molecule has 0 heterocycles. The van der Waals surface area contributed by atoms with Crippen molar-refractivity contribution in [2.24, 2.45) is 5.73 Å². The van der Waals surface area contributed by atoms with Crippen LogP contribution >= 0.6 is 0 Å². The summed E-state index contributed by atoms with van der Waals surface area (Å²) in [5.41, 5.74) is 9.67. The van der Waals surface area contributed by atoms with Gasteiger partial charge >= 0.3 is 0 Å². The first-order chi connectivity index (χ1) is 12.7. The van der Waals surface area contributed by atoms with Gasteiger partial charge in [0.05, 0.1) is 12.0 Å². The summed E-state index contributed by atoms with van der Waals surface area (Å²) in [5, 5.41) is 8.97. The summed E-state index contributed by atoms with van der Waals surface area (Å²) in [5.74, 6) is 0.969. The van der Waals surface area contributed by atoms with E-state index in [-0.39, 0.29) is 18.8 Å². The second kappa shape index (κ2) is 8.56. The Bertz CT molecular complexity index is 790. The Kier molecular flexibility index (Phi) is 5.95. The molecule has 3 aromatic carbocycles. The smallest absolute Gasteiger partial charge is 0.179 e. The standard InChI is InChI=1S/C23H22NO2/c24-21(15-16-25)23(26)20-13-11-19(12-14-20)22(17-7-3-1-4-8-17)18-9-5-2-6-10-18/h1-14,21,25H,15-16,24H2/t21-/m0/s1. The maximum atomic E-state index is 12.3. The molecule has 0 unspecified atom stereocenters. The van der Waals surface area contributed by atoms with E-state index in [2.05, 4.69) is 24.3 Å². The molecule has 0 aromatic heterocycles. The highest BCUT2D eigenvalue weighted by Crippen LogP contribution is 2.30. The summed E-state index contributed by atoms with van der Waals surface area (Å²) >= 11 is 0. The van der Waals surface area contributed by atoms with Crippen LogP contribution in [0, 0.1) is 5.92 Å². The summed E-state index contributed by atoms with van der Waals surface area (Å²) in [6, 6.07) is 27.2. The van der Waals surface area contributed by atoms with Crippen LogP contribution in [0.15, 0.2) is 84.9 Å². The number of Topliss-reactive ketones (excluding diaryl/α,β-unsaturated/α-hetero) is 1. The number of aliphatic hydroxyl groups excluding tert-OH is 1. The minimum absolute atomic E-state index is 0.0923.